The molecule has 19 heavy (non-hydrogen) atoms. The first-order valence-corrected chi connectivity index (χ1v) is 6.65. The number of carbonyl (C=O) groups is 2. The van der Waals surface area contributed by atoms with Gasteiger partial charge in [0.15, 0.2) is 0 Å². The molecule has 0 spiro atoms. The maximum absolute atomic E-state index is 12.0. The molecular formula is C13H24N2O4. The Morgan fingerprint density at radius 2 is 2.00 bits per heavy atom. The van der Waals surface area contributed by atoms with Crippen LogP contribution in [0.1, 0.15) is 20.8 Å². The Labute approximate surface area is 114 Å². The average Bonchev–Trinajstić information content (AvgIpc) is 2.83. The van der Waals surface area contributed by atoms with Crippen LogP contribution in [0.3, 0.4) is 0 Å². The van der Waals surface area contributed by atoms with Gasteiger partial charge in [-0.3, -0.25) is 4.79 Å². The number of carbonyl (C=O) groups excluding carboxylic acids is 1. The van der Waals surface area contributed by atoms with Crippen LogP contribution in [0.4, 0.5) is 4.79 Å². The second kappa shape index (κ2) is 6.75. The van der Waals surface area contributed by atoms with Gasteiger partial charge in [0.25, 0.3) is 0 Å². The molecule has 6 nitrogen and oxygen atoms in total. The molecule has 2 amide bonds. The van der Waals surface area contributed by atoms with E-state index >= 15 is 0 Å². The van der Waals surface area contributed by atoms with Gasteiger partial charge < -0.3 is 20.1 Å². The number of carboxylic acids is 1. The lowest BCUT2D eigenvalue weighted by Crippen LogP contribution is -2.49. The summed E-state index contributed by atoms with van der Waals surface area (Å²) in [5, 5.41) is 11.9. The summed E-state index contributed by atoms with van der Waals surface area (Å²) >= 11 is 0. The fraction of sp³-hybridized carbons (Fsp3) is 0.846. The number of hydrogen-bond donors (Lipinski definition) is 2. The molecule has 1 aliphatic rings. The lowest BCUT2D eigenvalue weighted by atomic mass is 9.98. The van der Waals surface area contributed by atoms with E-state index in [1.807, 2.05) is 0 Å². The van der Waals surface area contributed by atoms with Gasteiger partial charge in [0, 0.05) is 13.6 Å². The van der Waals surface area contributed by atoms with Crippen molar-refractivity contribution in [2.45, 2.75) is 26.8 Å². The summed E-state index contributed by atoms with van der Waals surface area (Å²) in [6.45, 7) is 7.31. The molecular weight excluding hydrogens is 248 g/mol. The molecule has 0 aromatic carbocycles. The topological polar surface area (TPSA) is 78.9 Å². The minimum Gasteiger partial charge on any atom is -0.481 e. The maximum Gasteiger partial charge on any atom is 0.317 e. The van der Waals surface area contributed by atoms with E-state index in [-0.39, 0.29) is 19.2 Å². The highest BCUT2D eigenvalue weighted by atomic mass is 16.5. The van der Waals surface area contributed by atoms with Crippen molar-refractivity contribution in [3.05, 3.63) is 0 Å². The van der Waals surface area contributed by atoms with E-state index in [0.29, 0.717) is 18.4 Å². The Morgan fingerprint density at radius 3 is 2.53 bits per heavy atom. The van der Waals surface area contributed by atoms with Gasteiger partial charge in [0.2, 0.25) is 0 Å². The predicted octanol–water partition coefficient (Wildman–Crippen LogP) is 1.02. The van der Waals surface area contributed by atoms with E-state index in [1.54, 1.807) is 7.05 Å². The monoisotopic (exact) mass is 272 g/mol. The average molecular weight is 272 g/mol. The fourth-order valence-corrected chi connectivity index (χ4v) is 1.92. The fourth-order valence-electron chi connectivity index (χ4n) is 1.92. The van der Waals surface area contributed by atoms with Gasteiger partial charge in [0.05, 0.1) is 19.3 Å². The number of hydrogen-bond acceptors (Lipinski definition) is 3. The van der Waals surface area contributed by atoms with Crippen LogP contribution in [0.25, 0.3) is 0 Å². The van der Waals surface area contributed by atoms with Crippen molar-refractivity contribution in [3.8, 4) is 0 Å². The number of urea groups is 1. The summed E-state index contributed by atoms with van der Waals surface area (Å²) in [4.78, 5) is 24.5. The van der Waals surface area contributed by atoms with Crippen molar-refractivity contribution in [1.82, 2.24) is 10.2 Å². The number of nitrogens with one attached hydrogen (secondary N) is 1. The van der Waals surface area contributed by atoms with E-state index in [2.05, 4.69) is 26.1 Å². The van der Waals surface area contributed by atoms with Crippen molar-refractivity contribution in [3.63, 3.8) is 0 Å². The minimum atomic E-state index is -0.919. The molecule has 1 heterocycles. The molecule has 110 valence electrons. The molecule has 0 aliphatic carbocycles. The minimum absolute atomic E-state index is 0.167. The Bertz CT molecular complexity index is 333. The zero-order chi connectivity index (χ0) is 14.6. The Morgan fingerprint density at radius 1 is 1.37 bits per heavy atom. The Balaban J connectivity index is 2.50. The predicted molar refractivity (Wildman–Crippen MR) is 70.9 cm³/mol. The van der Waals surface area contributed by atoms with Crippen LogP contribution < -0.4 is 5.32 Å². The summed E-state index contributed by atoms with van der Waals surface area (Å²) in [6.07, 6.45) is 0. The van der Waals surface area contributed by atoms with Crippen molar-refractivity contribution < 1.29 is 19.4 Å². The van der Waals surface area contributed by atoms with Crippen molar-refractivity contribution in [2.24, 2.45) is 17.8 Å². The molecule has 0 radical (unpaired) electrons. The first-order chi connectivity index (χ1) is 8.84. The van der Waals surface area contributed by atoms with E-state index in [0.717, 1.165) is 0 Å². The maximum atomic E-state index is 12.0. The molecule has 1 saturated heterocycles. The number of rotatable bonds is 5. The van der Waals surface area contributed by atoms with Crippen molar-refractivity contribution in [2.75, 3.05) is 26.8 Å². The molecule has 0 bridgehead atoms. The van der Waals surface area contributed by atoms with Crippen LogP contribution in [0.15, 0.2) is 0 Å². The number of likely N-dealkylation sites (N-methyl/N-ethyl adjacent to an activating group) is 1. The molecule has 0 saturated carbocycles. The van der Waals surface area contributed by atoms with E-state index in [4.69, 9.17) is 9.84 Å². The standard InChI is InChI=1S/C13H24N2O4/c1-8(2)9(3)5-14-13(18)15(4)11-7-19-6-10(11)12(16)17/h8-11H,5-7H2,1-4H3,(H,14,18)(H,16,17). The van der Waals surface area contributed by atoms with Crippen LogP contribution in [0.2, 0.25) is 0 Å². The second-order valence-corrected chi connectivity index (χ2v) is 5.57. The smallest absolute Gasteiger partial charge is 0.317 e. The van der Waals surface area contributed by atoms with Crippen LogP contribution >= 0.6 is 0 Å². The van der Waals surface area contributed by atoms with Gasteiger partial charge in [-0.2, -0.15) is 0 Å². The number of ether oxygens (including phenoxy) is 1. The summed E-state index contributed by atoms with van der Waals surface area (Å²) < 4.78 is 5.16. The third-order valence-corrected chi connectivity index (χ3v) is 3.90. The normalized spacial score (nSPS) is 24.3. The first kappa shape index (κ1) is 15.8. The number of aliphatic carboxylic acids is 1. The van der Waals surface area contributed by atoms with Gasteiger partial charge in [-0.05, 0) is 11.8 Å². The lowest BCUT2D eigenvalue weighted by molar-refractivity contribution is -0.142. The van der Waals surface area contributed by atoms with Gasteiger partial charge in [-0.25, -0.2) is 4.79 Å². The summed E-state index contributed by atoms with van der Waals surface area (Å²) in [7, 11) is 1.62. The van der Waals surface area contributed by atoms with E-state index < -0.39 is 17.9 Å². The number of nitrogens with zero attached hydrogens (tertiary/aromatic N) is 1. The third-order valence-electron chi connectivity index (χ3n) is 3.90. The highest BCUT2D eigenvalue weighted by Gasteiger charge is 2.38. The molecule has 2 N–H and O–H groups in total. The van der Waals surface area contributed by atoms with Gasteiger partial charge >= 0.3 is 12.0 Å². The van der Waals surface area contributed by atoms with Gasteiger partial charge in [-0.1, -0.05) is 20.8 Å². The first-order valence-electron chi connectivity index (χ1n) is 6.65. The lowest BCUT2D eigenvalue weighted by Gasteiger charge is -2.27. The summed E-state index contributed by atoms with van der Waals surface area (Å²) in [5.74, 6) is -0.685. The molecule has 0 aromatic heterocycles. The summed E-state index contributed by atoms with van der Waals surface area (Å²) in [6, 6.07) is -0.638. The highest BCUT2D eigenvalue weighted by molar-refractivity contribution is 5.77. The molecule has 1 fully saturated rings. The number of amides is 2. The second-order valence-electron chi connectivity index (χ2n) is 5.57. The summed E-state index contributed by atoms with van der Waals surface area (Å²) in [5.41, 5.74) is 0. The van der Waals surface area contributed by atoms with Crippen LogP contribution in [-0.2, 0) is 9.53 Å². The molecule has 6 heteroatoms. The molecule has 3 atom stereocenters. The Hall–Kier alpha value is -1.30. The van der Waals surface area contributed by atoms with Gasteiger partial charge in [-0.15, -0.1) is 0 Å². The number of carboxylic acid groups (broad SMARTS) is 1. The SMILES string of the molecule is CC(C)C(C)CNC(=O)N(C)C1COCC1C(=O)O. The van der Waals surface area contributed by atoms with E-state index in [9.17, 15) is 9.59 Å². The van der Waals surface area contributed by atoms with Crippen LogP contribution in [-0.4, -0.2) is 54.9 Å². The highest BCUT2D eigenvalue weighted by Crippen LogP contribution is 2.19. The van der Waals surface area contributed by atoms with Crippen LogP contribution in [0.5, 0.6) is 0 Å². The quantitative estimate of drug-likeness (QED) is 0.783. The van der Waals surface area contributed by atoms with E-state index in [1.165, 1.54) is 4.90 Å². The largest absolute Gasteiger partial charge is 0.481 e. The van der Waals surface area contributed by atoms with Crippen molar-refractivity contribution >= 4 is 12.0 Å². The molecule has 0 aromatic rings. The van der Waals surface area contributed by atoms with Crippen molar-refractivity contribution in [1.29, 1.82) is 0 Å². The third kappa shape index (κ3) is 4.09. The Kier molecular flexibility index (Phi) is 5.60. The zero-order valence-corrected chi connectivity index (χ0v) is 12.0. The molecule has 3 unspecified atom stereocenters. The molecule has 1 rings (SSSR count). The van der Waals surface area contributed by atoms with Gasteiger partial charge in [0.1, 0.15) is 5.92 Å². The zero-order valence-electron chi connectivity index (χ0n) is 12.0. The van der Waals surface area contributed by atoms with Crippen LogP contribution in [0, 0.1) is 17.8 Å². The molecule has 1 aliphatic heterocycles.